The third-order valence-electron chi connectivity index (χ3n) is 5.71. The summed E-state index contributed by atoms with van der Waals surface area (Å²) >= 11 is 7.58. The molecule has 1 saturated heterocycles. The molecule has 2 nitrogen and oxygen atoms in total. The lowest BCUT2D eigenvalue weighted by molar-refractivity contribution is 0.100. The van der Waals surface area contributed by atoms with Gasteiger partial charge in [0.2, 0.25) is 5.23 Å². The van der Waals surface area contributed by atoms with Gasteiger partial charge in [0.05, 0.1) is 11.4 Å². The maximum Gasteiger partial charge on any atom is 0.246 e. The molecule has 1 aliphatic heterocycles. The van der Waals surface area contributed by atoms with Crippen LogP contribution in [-0.4, -0.2) is 28.5 Å². The van der Waals surface area contributed by atoms with E-state index in [1.807, 2.05) is 0 Å². The molecule has 0 amide bonds. The Bertz CT molecular complexity index is 384. The van der Waals surface area contributed by atoms with Crippen molar-refractivity contribution in [1.29, 1.82) is 0 Å². The Labute approximate surface area is 119 Å². The van der Waals surface area contributed by atoms with Crippen molar-refractivity contribution in [1.82, 2.24) is 0 Å². The number of aliphatic imine (C=N–C) groups is 1. The fraction of sp³-hybridized carbons (Fsp3) is 0.929. The first-order chi connectivity index (χ1) is 8.47. The van der Waals surface area contributed by atoms with Gasteiger partial charge in [0.15, 0.2) is 0 Å². The lowest BCUT2D eigenvalue weighted by Gasteiger charge is -2.44. The van der Waals surface area contributed by atoms with Crippen LogP contribution in [0.3, 0.4) is 0 Å². The second kappa shape index (κ2) is 4.31. The number of ether oxygens (including phenoxy) is 1. The zero-order chi connectivity index (χ0) is 13.0. The molecule has 4 heteroatoms. The SMILES string of the molecule is CC1(C)[C@@H]2CC[C@@H](C2)[C@]1(C)N=C1O[C@H](CCl)CS1. The second-order valence-corrected chi connectivity index (χ2v) is 7.94. The standard InChI is InChI=1S/C14H22ClNOS/c1-13(2)9-4-5-10(6-9)14(13,3)16-12-17-11(7-15)8-18-12/h9-11H,4-8H2,1-3H3/t9-,10+,11-,14+/m1/s1. The molecule has 0 N–H and O–H groups in total. The Hall–Kier alpha value is 0.110. The van der Waals surface area contributed by atoms with Gasteiger partial charge in [-0.3, -0.25) is 0 Å². The minimum absolute atomic E-state index is 0.0550. The zero-order valence-electron chi connectivity index (χ0n) is 11.4. The quantitative estimate of drug-likeness (QED) is 0.718. The molecule has 3 rings (SSSR count). The number of rotatable bonds is 2. The van der Waals surface area contributed by atoms with Crippen LogP contribution < -0.4 is 0 Å². The van der Waals surface area contributed by atoms with E-state index >= 15 is 0 Å². The number of fused-ring (bicyclic) bond motifs is 2. The van der Waals surface area contributed by atoms with Crippen LogP contribution in [0.4, 0.5) is 0 Å². The Balaban J connectivity index is 1.85. The molecule has 0 aromatic carbocycles. The lowest BCUT2D eigenvalue weighted by Crippen LogP contribution is -2.45. The highest BCUT2D eigenvalue weighted by atomic mass is 35.5. The third-order valence-corrected chi connectivity index (χ3v) is 7.03. The summed E-state index contributed by atoms with van der Waals surface area (Å²) in [5.41, 5.74) is 0.353. The molecule has 2 aliphatic carbocycles. The molecule has 102 valence electrons. The number of hydrogen-bond acceptors (Lipinski definition) is 3. The van der Waals surface area contributed by atoms with Gasteiger partial charge in [-0.2, -0.15) is 0 Å². The van der Waals surface area contributed by atoms with E-state index in [4.69, 9.17) is 21.3 Å². The maximum atomic E-state index is 5.85. The van der Waals surface area contributed by atoms with Crippen molar-refractivity contribution in [2.75, 3.05) is 11.6 Å². The van der Waals surface area contributed by atoms with Crippen LogP contribution in [0.1, 0.15) is 40.0 Å². The largest absolute Gasteiger partial charge is 0.468 e. The molecule has 2 saturated carbocycles. The molecule has 3 fully saturated rings. The Morgan fingerprint density at radius 2 is 2.06 bits per heavy atom. The molecule has 1 heterocycles. The first-order valence-electron chi connectivity index (χ1n) is 6.92. The van der Waals surface area contributed by atoms with E-state index in [2.05, 4.69) is 20.8 Å². The van der Waals surface area contributed by atoms with Gasteiger partial charge in [0.1, 0.15) is 6.10 Å². The number of thioether (sulfide) groups is 1. The van der Waals surface area contributed by atoms with Crippen molar-refractivity contribution in [2.24, 2.45) is 22.2 Å². The summed E-state index contributed by atoms with van der Waals surface area (Å²) < 4.78 is 5.82. The van der Waals surface area contributed by atoms with Gasteiger partial charge in [-0.05, 0) is 43.4 Å². The van der Waals surface area contributed by atoms with Crippen LogP contribution in [-0.2, 0) is 4.74 Å². The van der Waals surface area contributed by atoms with Crippen molar-refractivity contribution in [3.05, 3.63) is 0 Å². The third kappa shape index (κ3) is 1.73. The van der Waals surface area contributed by atoms with E-state index in [9.17, 15) is 0 Å². The van der Waals surface area contributed by atoms with E-state index in [-0.39, 0.29) is 11.6 Å². The fourth-order valence-corrected chi connectivity index (χ4v) is 5.30. The van der Waals surface area contributed by atoms with Gasteiger partial charge in [-0.25, -0.2) is 4.99 Å². The van der Waals surface area contributed by atoms with Crippen LogP contribution in [0.2, 0.25) is 0 Å². The first kappa shape index (κ1) is 13.1. The number of hydrogen-bond donors (Lipinski definition) is 0. The Morgan fingerprint density at radius 1 is 1.33 bits per heavy atom. The predicted molar refractivity (Wildman–Crippen MR) is 78.5 cm³/mol. The Morgan fingerprint density at radius 3 is 2.61 bits per heavy atom. The monoisotopic (exact) mass is 287 g/mol. The van der Waals surface area contributed by atoms with Crippen molar-refractivity contribution < 1.29 is 4.74 Å². The van der Waals surface area contributed by atoms with Gasteiger partial charge in [-0.1, -0.05) is 25.6 Å². The van der Waals surface area contributed by atoms with Crippen LogP contribution in [0.25, 0.3) is 0 Å². The van der Waals surface area contributed by atoms with Crippen LogP contribution in [0.5, 0.6) is 0 Å². The molecular weight excluding hydrogens is 266 g/mol. The molecule has 3 aliphatic rings. The molecule has 18 heavy (non-hydrogen) atoms. The molecule has 0 radical (unpaired) electrons. The van der Waals surface area contributed by atoms with Crippen LogP contribution in [0, 0.1) is 17.3 Å². The fourth-order valence-electron chi connectivity index (χ4n) is 4.02. The van der Waals surface area contributed by atoms with Crippen LogP contribution >= 0.6 is 23.4 Å². The van der Waals surface area contributed by atoms with E-state index in [0.29, 0.717) is 11.3 Å². The van der Waals surface area contributed by atoms with Crippen molar-refractivity contribution in [2.45, 2.75) is 51.7 Å². The highest BCUT2D eigenvalue weighted by Gasteiger charge is 2.60. The van der Waals surface area contributed by atoms with Gasteiger partial charge < -0.3 is 4.74 Å². The summed E-state index contributed by atoms with van der Waals surface area (Å²) in [4.78, 5) is 5.04. The summed E-state index contributed by atoms with van der Waals surface area (Å²) in [6.45, 7) is 7.11. The highest BCUT2D eigenvalue weighted by Crippen LogP contribution is 2.63. The number of alkyl halides is 1. The van der Waals surface area contributed by atoms with E-state index in [0.717, 1.165) is 22.8 Å². The number of halogens is 1. The molecule has 4 atom stereocenters. The normalized spacial score (nSPS) is 47.8. The van der Waals surface area contributed by atoms with Crippen LogP contribution in [0.15, 0.2) is 4.99 Å². The molecule has 0 spiro atoms. The van der Waals surface area contributed by atoms with Crippen molar-refractivity contribution >= 4 is 28.6 Å². The smallest absolute Gasteiger partial charge is 0.246 e. The van der Waals surface area contributed by atoms with Crippen molar-refractivity contribution in [3.8, 4) is 0 Å². The average Bonchev–Trinajstić information content (AvgIpc) is 2.99. The minimum Gasteiger partial charge on any atom is -0.468 e. The average molecular weight is 288 g/mol. The lowest BCUT2D eigenvalue weighted by atomic mass is 9.64. The molecule has 0 aromatic rings. The summed E-state index contributed by atoms with van der Waals surface area (Å²) in [6, 6.07) is 0. The summed E-state index contributed by atoms with van der Waals surface area (Å²) in [6.07, 6.45) is 4.23. The van der Waals surface area contributed by atoms with Gasteiger partial charge in [-0.15, -0.1) is 11.6 Å². The number of nitrogens with zero attached hydrogens (tertiary/aromatic N) is 1. The second-order valence-electron chi connectivity index (χ2n) is 6.66. The van der Waals surface area contributed by atoms with Gasteiger partial charge >= 0.3 is 0 Å². The van der Waals surface area contributed by atoms with Gasteiger partial charge in [0, 0.05) is 5.75 Å². The predicted octanol–water partition coefficient (Wildman–Crippen LogP) is 3.93. The van der Waals surface area contributed by atoms with E-state index in [1.165, 1.54) is 19.3 Å². The minimum atomic E-state index is 0.0550. The molecular formula is C14H22ClNOS. The van der Waals surface area contributed by atoms with Gasteiger partial charge in [0.25, 0.3) is 0 Å². The molecule has 0 aromatic heterocycles. The van der Waals surface area contributed by atoms with E-state index in [1.54, 1.807) is 11.8 Å². The first-order valence-corrected chi connectivity index (χ1v) is 8.44. The molecule has 0 unspecified atom stereocenters. The van der Waals surface area contributed by atoms with E-state index < -0.39 is 0 Å². The summed E-state index contributed by atoms with van der Waals surface area (Å²) in [5.74, 6) is 3.10. The zero-order valence-corrected chi connectivity index (χ0v) is 13.0. The summed E-state index contributed by atoms with van der Waals surface area (Å²) in [5, 5.41) is 0.878. The maximum absolute atomic E-state index is 5.85. The Kier molecular flexibility index (Phi) is 3.14. The summed E-state index contributed by atoms with van der Waals surface area (Å²) in [7, 11) is 0. The van der Waals surface area contributed by atoms with Crippen molar-refractivity contribution in [3.63, 3.8) is 0 Å². The topological polar surface area (TPSA) is 21.6 Å². The molecule has 2 bridgehead atoms. The highest BCUT2D eigenvalue weighted by molar-refractivity contribution is 8.13.